The van der Waals surface area contributed by atoms with Gasteiger partial charge in [0, 0.05) is 6.61 Å². The summed E-state index contributed by atoms with van der Waals surface area (Å²) in [6.07, 6.45) is 0.657. The number of amides is 1. The van der Waals surface area contributed by atoms with Crippen LogP contribution in [-0.4, -0.2) is 37.3 Å². The number of rotatable bonds is 4. The van der Waals surface area contributed by atoms with E-state index in [9.17, 15) is 9.59 Å². The predicted molar refractivity (Wildman–Crippen MR) is 67.5 cm³/mol. The maximum atomic E-state index is 11.9. The molecule has 2 N–H and O–H groups in total. The summed E-state index contributed by atoms with van der Waals surface area (Å²) < 4.78 is 10.1. The summed E-state index contributed by atoms with van der Waals surface area (Å²) >= 11 is 0. The number of carbonyl (C=O) groups is 2. The molecule has 0 aliphatic carbocycles. The van der Waals surface area contributed by atoms with E-state index in [0.29, 0.717) is 25.4 Å². The molecule has 6 nitrogen and oxygen atoms in total. The van der Waals surface area contributed by atoms with Crippen LogP contribution < -0.4 is 10.1 Å². The number of hydrogen-bond donors (Lipinski definition) is 2. The van der Waals surface area contributed by atoms with Gasteiger partial charge in [0.1, 0.15) is 5.75 Å². The van der Waals surface area contributed by atoms with Crippen molar-refractivity contribution in [2.75, 3.05) is 25.6 Å². The zero-order valence-corrected chi connectivity index (χ0v) is 10.5. The topological polar surface area (TPSA) is 84.9 Å². The number of ether oxygens (including phenoxy) is 2. The lowest BCUT2D eigenvalue weighted by Gasteiger charge is -2.12. The minimum Gasteiger partial charge on any atom is -0.497 e. The van der Waals surface area contributed by atoms with Crippen LogP contribution in [0, 0.1) is 5.92 Å². The first-order valence-electron chi connectivity index (χ1n) is 5.91. The summed E-state index contributed by atoms with van der Waals surface area (Å²) in [4.78, 5) is 23.1. The lowest BCUT2D eigenvalue weighted by Crippen LogP contribution is -2.24. The van der Waals surface area contributed by atoms with Gasteiger partial charge in [-0.25, -0.2) is 4.79 Å². The molecule has 1 saturated heterocycles. The van der Waals surface area contributed by atoms with Crippen LogP contribution in [0.4, 0.5) is 5.69 Å². The Kier molecular flexibility index (Phi) is 4.01. The van der Waals surface area contributed by atoms with Gasteiger partial charge in [0.05, 0.1) is 30.9 Å². The molecule has 1 fully saturated rings. The molecule has 0 radical (unpaired) electrons. The average molecular weight is 265 g/mol. The Labute approximate surface area is 110 Å². The molecule has 1 aromatic carbocycles. The third-order valence-corrected chi connectivity index (χ3v) is 3.02. The molecule has 1 atom stereocenters. The summed E-state index contributed by atoms with van der Waals surface area (Å²) in [6.45, 7) is 0.941. The highest BCUT2D eigenvalue weighted by Gasteiger charge is 2.24. The van der Waals surface area contributed by atoms with Crippen molar-refractivity contribution in [1.29, 1.82) is 0 Å². The van der Waals surface area contributed by atoms with Crippen molar-refractivity contribution in [3.8, 4) is 5.75 Å². The first-order valence-corrected chi connectivity index (χ1v) is 5.91. The van der Waals surface area contributed by atoms with E-state index >= 15 is 0 Å². The fraction of sp³-hybridized carbons (Fsp3) is 0.385. The Hall–Kier alpha value is -2.08. The zero-order chi connectivity index (χ0) is 13.8. The van der Waals surface area contributed by atoms with Crippen LogP contribution >= 0.6 is 0 Å². The second-order valence-electron chi connectivity index (χ2n) is 4.27. The van der Waals surface area contributed by atoms with E-state index < -0.39 is 5.97 Å². The molecule has 1 aliphatic rings. The molecule has 6 heteroatoms. The molecular formula is C13H15NO5. The highest BCUT2D eigenvalue weighted by molar-refractivity contribution is 6.01. The maximum absolute atomic E-state index is 11.9. The molecule has 0 bridgehead atoms. The van der Waals surface area contributed by atoms with Gasteiger partial charge >= 0.3 is 5.97 Å². The van der Waals surface area contributed by atoms with Crippen LogP contribution in [-0.2, 0) is 9.53 Å². The monoisotopic (exact) mass is 265 g/mol. The van der Waals surface area contributed by atoms with E-state index in [1.807, 2.05) is 0 Å². The molecule has 19 heavy (non-hydrogen) atoms. The Morgan fingerprint density at radius 2 is 2.26 bits per heavy atom. The number of hydrogen-bond acceptors (Lipinski definition) is 4. The molecule has 102 valence electrons. The maximum Gasteiger partial charge on any atom is 0.337 e. The average Bonchev–Trinajstić information content (AvgIpc) is 2.92. The lowest BCUT2D eigenvalue weighted by molar-refractivity contribution is -0.119. The number of carboxylic acids is 1. The number of anilines is 1. The number of benzene rings is 1. The summed E-state index contributed by atoms with van der Waals surface area (Å²) in [5.41, 5.74) is 0.275. The number of methoxy groups -OCH3 is 1. The Bertz CT molecular complexity index is 494. The third-order valence-electron chi connectivity index (χ3n) is 3.02. The molecule has 1 heterocycles. The van der Waals surface area contributed by atoms with Crippen LogP contribution in [0.3, 0.4) is 0 Å². The molecule has 1 unspecified atom stereocenters. The van der Waals surface area contributed by atoms with Crippen molar-refractivity contribution in [2.24, 2.45) is 5.92 Å². The van der Waals surface area contributed by atoms with Crippen molar-refractivity contribution in [1.82, 2.24) is 0 Å². The molecule has 1 aliphatic heterocycles. The first-order chi connectivity index (χ1) is 9.11. The highest BCUT2D eigenvalue weighted by atomic mass is 16.5. The summed E-state index contributed by atoms with van der Waals surface area (Å²) in [6, 6.07) is 4.51. The van der Waals surface area contributed by atoms with Gasteiger partial charge in [0.25, 0.3) is 0 Å². The second kappa shape index (κ2) is 5.71. The summed E-state index contributed by atoms with van der Waals surface area (Å²) in [5.74, 6) is -1.12. The minimum atomic E-state index is -1.11. The fourth-order valence-corrected chi connectivity index (χ4v) is 1.91. The molecule has 0 aromatic heterocycles. The molecule has 1 aromatic rings. The largest absolute Gasteiger partial charge is 0.497 e. The van der Waals surface area contributed by atoms with Gasteiger partial charge in [0.15, 0.2) is 0 Å². The van der Waals surface area contributed by atoms with Crippen molar-refractivity contribution in [3.05, 3.63) is 23.8 Å². The lowest BCUT2D eigenvalue weighted by atomic mass is 10.1. The first kappa shape index (κ1) is 13.4. The van der Waals surface area contributed by atoms with Gasteiger partial charge in [-0.3, -0.25) is 4.79 Å². The fourth-order valence-electron chi connectivity index (χ4n) is 1.91. The predicted octanol–water partition coefficient (Wildman–Crippen LogP) is 1.37. The van der Waals surface area contributed by atoms with E-state index in [4.69, 9.17) is 14.6 Å². The van der Waals surface area contributed by atoms with E-state index in [1.165, 1.54) is 19.2 Å². The van der Waals surface area contributed by atoms with E-state index in [2.05, 4.69) is 5.32 Å². The quantitative estimate of drug-likeness (QED) is 0.858. The van der Waals surface area contributed by atoms with E-state index in [-0.39, 0.29) is 23.1 Å². The molecule has 1 amide bonds. The summed E-state index contributed by atoms with van der Waals surface area (Å²) in [7, 11) is 1.45. The number of carbonyl (C=O) groups excluding carboxylic acids is 1. The Balaban J connectivity index is 2.19. The van der Waals surface area contributed by atoms with Crippen LogP contribution in [0.25, 0.3) is 0 Å². The van der Waals surface area contributed by atoms with Crippen molar-refractivity contribution in [2.45, 2.75) is 6.42 Å². The SMILES string of the molecule is COc1ccc(NC(=O)C2CCOC2)c(C(=O)O)c1. The molecule has 0 spiro atoms. The Morgan fingerprint density at radius 3 is 2.84 bits per heavy atom. The van der Waals surface area contributed by atoms with Crippen molar-refractivity contribution < 1.29 is 24.2 Å². The van der Waals surface area contributed by atoms with Crippen LogP contribution in [0.2, 0.25) is 0 Å². The van der Waals surface area contributed by atoms with Crippen molar-refractivity contribution in [3.63, 3.8) is 0 Å². The Morgan fingerprint density at radius 1 is 1.47 bits per heavy atom. The number of aromatic carboxylic acids is 1. The highest BCUT2D eigenvalue weighted by Crippen LogP contribution is 2.23. The van der Waals surface area contributed by atoms with Crippen LogP contribution in [0.5, 0.6) is 5.75 Å². The van der Waals surface area contributed by atoms with Gasteiger partial charge in [-0.15, -0.1) is 0 Å². The van der Waals surface area contributed by atoms with E-state index in [0.717, 1.165) is 0 Å². The van der Waals surface area contributed by atoms with E-state index in [1.54, 1.807) is 6.07 Å². The number of nitrogens with one attached hydrogen (secondary N) is 1. The second-order valence-corrected chi connectivity index (χ2v) is 4.27. The van der Waals surface area contributed by atoms with Crippen LogP contribution in [0.1, 0.15) is 16.8 Å². The van der Waals surface area contributed by atoms with Crippen molar-refractivity contribution >= 4 is 17.6 Å². The summed E-state index contributed by atoms with van der Waals surface area (Å²) in [5, 5.41) is 11.8. The van der Waals surface area contributed by atoms with Gasteiger partial charge in [-0.2, -0.15) is 0 Å². The standard InChI is InChI=1S/C13H15NO5/c1-18-9-2-3-11(10(6-9)13(16)17)14-12(15)8-4-5-19-7-8/h2-3,6,8H,4-5,7H2,1H3,(H,14,15)(H,16,17). The third kappa shape index (κ3) is 3.03. The smallest absolute Gasteiger partial charge is 0.337 e. The van der Waals surface area contributed by atoms with Gasteiger partial charge in [-0.05, 0) is 24.6 Å². The van der Waals surface area contributed by atoms with Gasteiger partial charge in [0.2, 0.25) is 5.91 Å². The normalized spacial score (nSPS) is 18.1. The minimum absolute atomic E-state index is 0.00613. The van der Waals surface area contributed by atoms with Gasteiger partial charge < -0.3 is 19.9 Å². The zero-order valence-electron chi connectivity index (χ0n) is 10.5. The number of carboxylic acid groups (broad SMARTS) is 1. The van der Waals surface area contributed by atoms with Gasteiger partial charge in [-0.1, -0.05) is 0 Å². The molecule has 2 rings (SSSR count). The molecule has 0 saturated carbocycles. The molecular weight excluding hydrogens is 250 g/mol. The van der Waals surface area contributed by atoms with Crippen LogP contribution in [0.15, 0.2) is 18.2 Å².